The van der Waals surface area contributed by atoms with Gasteiger partial charge in [0.2, 0.25) is 10.0 Å². The van der Waals surface area contributed by atoms with E-state index in [1.165, 1.54) is 26.3 Å². The molecule has 0 saturated carbocycles. The van der Waals surface area contributed by atoms with Crippen LogP contribution in [-0.4, -0.2) is 44.0 Å². The number of hydrogen-bond donors (Lipinski definition) is 1. The summed E-state index contributed by atoms with van der Waals surface area (Å²) < 4.78 is 30.7. The van der Waals surface area contributed by atoms with Crippen molar-refractivity contribution in [1.82, 2.24) is 4.31 Å². The van der Waals surface area contributed by atoms with Gasteiger partial charge < -0.3 is 9.84 Å². The first kappa shape index (κ1) is 16.9. The van der Waals surface area contributed by atoms with Crippen LogP contribution in [0.3, 0.4) is 0 Å². The first-order valence-corrected chi connectivity index (χ1v) is 7.46. The summed E-state index contributed by atoms with van der Waals surface area (Å²) in [5, 5.41) is 17.7. The minimum atomic E-state index is -3.88. The lowest BCUT2D eigenvalue weighted by Crippen LogP contribution is -2.34. The third-order valence-corrected chi connectivity index (χ3v) is 5.05. The third kappa shape index (κ3) is 3.51. The van der Waals surface area contributed by atoms with Gasteiger partial charge in [0.05, 0.1) is 24.5 Å². The Hall–Kier alpha value is -2.11. The minimum absolute atomic E-state index is 0.0394. The van der Waals surface area contributed by atoms with Crippen molar-refractivity contribution >= 4 is 16.0 Å². The number of nitriles is 1. The Morgan fingerprint density at radius 2 is 2.14 bits per heavy atom. The smallest absolute Gasteiger partial charge is 0.339 e. The van der Waals surface area contributed by atoms with Crippen molar-refractivity contribution in [2.24, 2.45) is 0 Å². The van der Waals surface area contributed by atoms with Gasteiger partial charge in [0.1, 0.15) is 11.3 Å². The van der Waals surface area contributed by atoms with Gasteiger partial charge in [-0.15, -0.1) is 0 Å². The number of carboxylic acids is 1. The van der Waals surface area contributed by atoms with E-state index in [9.17, 15) is 13.2 Å². The van der Waals surface area contributed by atoms with Crippen molar-refractivity contribution in [3.63, 3.8) is 0 Å². The molecule has 0 radical (unpaired) electrons. The molecule has 0 spiro atoms. The number of carbonyl (C=O) groups is 1. The molecule has 0 amide bonds. The number of rotatable bonds is 6. The maximum atomic E-state index is 12.4. The lowest BCUT2D eigenvalue weighted by Gasteiger charge is -2.22. The highest BCUT2D eigenvalue weighted by Gasteiger charge is 2.27. The number of nitrogens with zero attached hydrogens (tertiary/aromatic N) is 2. The zero-order chi connectivity index (χ0) is 16.2. The average molecular weight is 312 g/mol. The summed E-state index contributed by atoms with van der Waals surface area (Å²) in [6, 6.07) is 4.99. The van der Waals surface area contributed by atoms with E-state index in [0.29, 0.717) is 0 Å². The molecule has 0 aliphatic carbocycles. The van der Waals surface area contributed by atoms with E-state index < -0.39 is 22.0 Å². The molecule has 0 aliphatic heterocycles. The van der Waals surface area contributed by atoms with E-state index in [-0.39, 0.29) is 22.6 Å². The van der Waals surface area contributed by atoms with Gasteiger partial charge in [0.25, 0.3) is 0 Å². The number of carboxylic acid groups (broad SMARTS) is 1. The number of benzene rings is 1. The fourth-order valence-corrected chi connectivity index (χ4v) is 3.07. The largest absolute Gasteiger partial charge is 0.496 e. The Balaban J connectivity index is 3.30. The molecule has 114 valence electrons. The lowest BCUT2D eigenvalue weighted by atomic mass is 10.2. The average Bonchev–Trinajstić information content (AvgIpc) is 2.45. The molecule has 1 aromatic rings. The maximum absolute atomic E-state index is 12.4. The molecular formula is C13H16N2O5S. The van der Waals surface area contributed by atoms with Gasteiger partial charge in [-0.05, 0) is 25.1 Å². The Morgan fingerprint density at radius 1 is 1.52 bits per heavy atom. The zero-order valence-corrected chi connectivity index (χ0v) is 12.7. The van der Waals surface area contributed by atoms with E-state index in [1.54, 1.807) is 6.92 Å². The molecule has 1 atom stereocenters. The van der Waals surface area contributed by atoms with Gasteiger partial charge in [-0.1, -0.05) is 0 Å². The molecule has 21 heavy (non-hydrogen) atoms. The number of sulfonamides is 1. The van der Waals surface area contributed by atoms with Crippen molar-refractivity contribution in [2.75, 3.05) is 14.2 Å². The van der Waals surface area contributed by atoms with E-state index in [2.05, 4.69) is 0 Å². The predicted octanol–water partition coefficient (Wildman–Crippen LogP) is 1.32. The van der Waals surface area contributed by atoms with Crippen LogP contribution in [0.1, 0.15) is 23.7 Å². The van der Waals surface area contributed by atoms with Crippen LogP contribution in [0.5, 0.6) is 5.75 Å². The predicted molar refractivity (Wildman–Crippen MR) is 74.6 cm³/mol. The summed E-state index contributed by atoms with van der Waals surface area (Å²) in [7, 11) is -1.23. The van der Waals surface area contributed by atoms with Crippen molar-refractivity contribution in [3.8, 4) is 11.8 Å². The van der Waals surface area contributed by atoms with Crippen LogP contribution in [0.15, 0.2) is 23.1 Å². The molecule has 1 aromatic carbocycles. The molecule has 0 fully saturated rings. The first-order valence-electron chi connectivity index (χ1n) is 6.02. The highest BCUT2D eigenvalue weighted by molar-refractivity contribution is 7.89. The van der Waals surface area contributed by atoms with Crippen LogP contribution in [0, 0.1) is 11.3 Å². The minimum Gasteiger partial charge on any atom is -0.496 e. The Labute approximate surface area is 123 Å². The molecule has 0 saturated heterocycles. The van der Waals surface area contributed by atoms with Crippen LogP contribution < -0.4 is 4.74 Å². The molecule has 0 bridgehead atoms. The van der Waals surface area contributed by atoms with Gasteiger partial charge in [-0.3, -0.25) is 0 Å². The van der Waals surface area contributed by atoms with Gasteiger partial charge in [0, 0.05) is 13.1 Å². The van der Waals surface area contributed by atoms with Gasteiger partial charge >= 0.3 is 5.97 Å². The van der Waals surface area contributed by atoms with Crippen LogP contribution in [-0.2, 0) is 10.0 Å². The second-order valence-electron chi connectivity index (χ2n) is 4.40. The van der Waals surface area contributed by atoms with Crippen molar-refractivity contribution in [1.29, 1.82) is 5.26 Å². The van der Waals surface area contributed by atoms with Crippen molar-refractivity contribution in [3.05, 3.63) is 23.8 Å². The summed E-state index contributed by atoms with van der Waals surface area (Å²) in [6.07, 6.45) is 0.0394. The van der Waals surface area contributed by atoms with E-state index in [4.69, 9.17) is 15.1 Å². The Morgan fingerprint density at radius 3 is 2.62 bits per heavy atom. The first-order chi connectivity index (χ1) is 9.75. The molecule has 0 aromatic heterocycles. The second kappa shape index (κ2) is 6.56. The fraction of sp³-hybridized carbons (Fsp3) is 0.385. The molecule has 1 rings (SSSR count). The van der Waals surface area contributed by atoms with Crippen LogP contribution in [0.25, 0.3) is 0 Å². The Bertz CT molecular complexity index is 678. The number of hydrogen-bond acceptors (Lipinski definition) is 5. The second-order valence-corrected chi connectivity index (χ2v) is 6.40. The highest BCUT2D eigenvalue weighted by Crippen LogP contribution is 2.25. The summed E-state index contributed by atoms with van der Waals surface area (Å²) in [4.78, 5) is 11.0. The maximum Gasteiger partial charge on any atom is 0.339 e. The number of methoxy groups -OCH3 is 1. The lowest BCUT2D eigenvalue weighted by molar-refractivity contribution is 0.0693. The normalized spacial score (nSPS) is 12.7. The van der Waals surface area contributed by atoms with Gasteiger partial charge in [0.15, 0.2) is 0 Å². The van der Waals surface area contributed by atoms with Gasteiger partial charge in [-0.2, -0.15) is 9.57 Å². The summed E-state index contributed by atoms with van der Waals surface area (Å²) in [6.45, 7) is 1.60. The molecule has 7 nitrogen and oxygen atoms in total. The molecule has 0 aliphatic rings. The summed E-state index contributed by atoms with van der Waals surface area (Å²) in [5.41, 5.74) is -0.236. The Kier molecular flexibility index (Phi) is 5.29. The van der Waals surface area contributed by atoms with Crippen molar-refractivity contribution in [2.45, 2.75) is 24.3 Å². The van der Waals surface area contributed by atoms with Crippen molar-refractivity contribution < 1.29 is 23.1 Å². The quantitative estimate of drug-likeness (QED) is 0.848. The number of ether oxygens (including phenoxy) is 1. The summed E-state index contributed by atoms with van der Waals surface area (Å²) in [5.74, 6) is -1.20. The van der Waals surface area contributed by atoms with Gasteiger partial charge in [-0.25, -0.2) is 13.2 Å². The highest BCUT2D eigenvalue weighted by atomic mass is 32.2. The molecule has 8 heteroatoms. The van der Waals surface area contributed by atoms with E-state index >= 15 is 0 Å². The van der Waals surface area contributed by atoms with E-state index in [0.717, 1.165) is 10.4 Å². The number of aromatic carboxylic acids is 1. The SMILES string of the molecule is COc1ccc(S(=O)(=O)N(C)C(C)CC#N)cc1C(=O)O. The molecule has 1 N–H and O–H groups in total. The molecule has 1 unspecified atom stereocenters. The molecular weight excluding hydrogens is 296 g/mol. The zero-order valence-electron chi connectivity index (χ0n) is 11.9. The van der Waals surface area contributed by atoms with Crippen LogP contribution in [0.4, 0.5) is 0 Å². The fourth-order valence-electron chi connectivity index (χ4n) is 1.68. The molecule has 0 heterocycles. The topological polar surface area (TPSA) is 108 Å². The third-order valence-electron chi connectivity index (χ3n) is 3.09. The standard InChI is InChI=1S/C13H16N2O5S/c1-9(6-7-14)15(2)21(18,19)10-4-5-12(20-3)11(8-10)13(16)17/h4-5,8-9H,6H2,1-3H3,(H,16,17). The van der Waals surface area contributed by atoms with E-state index in [1.807, 2.05) is 6.07 Å². The summed E-state index contributed by atoms with van der Waals surface area (Å²) >= 11 is 0. The van der Waals surface area contributed by atoms with Crippen LogP contribution >= 0.6 is 0 Å². The monoisotopic (exact) mass is 312 g/mol. The van der Waals surface area contributed by atoms with Crippen LogP contribution in [0.2, 0.25) is 0 Å².